The van der Waals surface area contributed by atoms with Crippen molar-refractivity contribution < 1.29 is 14.4 Å². The molecule has 0 spiro atoms. The molecule has 0 aromatic heterocycles. The Morgan fingerprint density at radius 3 is 2.73 bits per heavy atom. The number of nitrogens with one attached hydrogen (secondary N) is 2. The van der Waals surface area contributed by atoms with E-state index in [1.165, 1.54) is 0 Å². The summed E-state index contributed by atoms with van der Waals surface area (Å²) in [5.41, 5.74) is 1.72. The predicted molar refractivity (Wildman–Crippen MR) is 83.4 cm³/mol. The molecule has 0 bridgehead atoms. The Hall–Kier alpha value is -2.37. The van der Waals surface area contributed by atoms with Crippen LogP contribution in [0.25, 0.3) is 0 Å². The smallest absolute Gasteiger partial charge is 0.264 e. The van der Waals surface area contributed by atoms with Gasteiger partial charge in [-0.1, -0.05) is 35.5 Å². The molecular weight excluding hydrogens is 282 g/mol. The highest BCUT2D eigenvalue weighted by Crippen LogP contribution is 2.16. The van der Waals surface area contributed by atoms with Gasteiger partial charge in [-0.3, -0.25) is 9.59 Å². The lowest BCUT2D eigenvalue weighted by atomic mass is 10.0. The molecule has 6 nitrogen and oxygen atoms in total. The highest BCUT2D eigenvalue weighted by atomic mass is 16.6. The quantitative estimate of drug-likeness (QED) is 0.829. The van der Waals surface area contributed by atoms with Gasteiger partial charge in [-0.05, 0) is 19.4 Å². The number of carbonyl (C=O) groups excluding carboxylic acids is 2. The molecule has 1 aromatic carbocycles. The Morgan fingerprint density at radius 2 is 2.05 bits per heavy atom. The molecule has 0 aliphatic carbocycles. The standard InChI is InChI=1S/C16H21N3O3/c1-11(2)18-15(20)8-9-17-16(21)14-10-13(19-22-14)12-6-4-3-5-7-12/h3-7,11,14H,8-10H2,1-2H3,(H,17,21)(H,18,20)/t14-/m0/s1. The van der Waals surface area contributed by atoms with Crippen LogP contribution in [-0.2, 0) is 14.4 Å². The number of hydrogen-bond acceptors (Lipinski definition) is 4. The van der Waals surface area contributed by atoms with Gasteiger partial charge in [0.2, 0.25) is 12.0 Å². The molecule has 2 N–H and O–H groups in total. The second-order valence-corrected chi connectivity index (χ2v) is 5.47. The van der Waals surface area contributed by atoms with Crippen LogP contribution < -0.4 is 10.6 Å². The van der Waals surface area contributed by atoms with E-state index in [2.05, 4.69) is 15.8 Å². The van der Waals surface area contributed by atoms with Gasteiger partial charge in [0, 0.05) is 25.4 Å². The molecule has 1 aliphatic heterocycles. The van der Waals surface area contributed by atoms with E-state index in [4.69, 9.17) is 4.84 Å². The summed E-state index contributed by atoms with van der Waals surface area (Å²) >= 11 is 0. The van der Waals surface area contributed by atoms with Gasteiger partial charge in [0.15, 0.2) is 0 Å². The van der Waals surface area contributed by atoms with Crippen molar-refractivity contribution in [1.82, 2.24) is 10.6 Å². The third-order valence-electron chi connectivity index (χ3n) is 3.17. The highest BCUT2D eigenvalue weighted by molar-refractivity contribution is 6.04. The number of benzene rings is 1. The summed E-state index contributed by atoms with van der Waals surface area (Å²) < 4.78 is 0. The largest absolute Gasteiger partial charge is 0.382 e. The van der Waals surface area contributed by atoms with Crippen molar-refractivity contribution in [2.45, 2.75) is 38.8 Å². The van der Waals surface area contributed by atoms with Crippen molar-refractivity contribution in [2.75, 3.05) is 6.54 Å². The molecule has 2 rings (SSSR count). The van der Waals surface area contributed by atoms with E-state index < -0.39 is 6.10 Å². The molecule has 2 amide bonds. The van der Waals surface area contributed by atoms with Crippen molar-refractivity contribution in [3.8, 4) is 0 Å². The maximum absolute atomic E-state index is 12.0. The molecule has 6 heteroatoms. The molecule has 118 valence electrons. The predicted octanol–water partition coefficient (Wildman–Crippen LogP) is 1.21. The average molecular weight is 303 g/mol. The highest BCUT2D eigenvalue weighted by Gasteiger charge is 2.28. The van der Waals surface area contributed by atoms with Crippen molar-refractivity contribution in [3.63, 3.8) is 0 Å². The van der Waals surface area contributed by atoms with Gasteiger partial charge in [-0.25, -0.2) is 0 Å². The van der Waals surface area contributed by atoms with Gasteiger partial charge in [-0.15, -0.1) is 0 Å². The summed E-state index contributed by atoms with van der Waals surface area (Å²) in [5, 5.41) is 9.44. The number of oxime groups is 1. The van der Waals surface area contributed by atoms with Gasteiger partial charge in [0.05, 0.1) is 5.71 Å². The number of nitrogens with zero attached hydrogens (tertiary/aromatic N) is 1. The minimum Gasteiger partial charge on any atom is -0.382 e. The topological polar surface area (TPSA) is 79.8 Å². The van der Waals surface area contributed by atoms with Crippen LogP contribution in [0.15, 0.2) is 35.5 Å². The molecule has 1 atom stereocenters. The Balaban J connectivity index is 1.73. The lowest BCUT2D eigenvalue weighted by Gasteiger charge is -2.11. The van der Waals surface area contributed by atoms with Crippen LogP contribution in [0, 0.1) is 0 Å². The third-order valence-corrected chi connectivity index (χ3v) is 3.17. The van der Waals surface area contributed by atoms with Crippen molar-refractivity contribution in [1.29, 1.82) is 0 Å². The number of hydrogen-bond donors (Lipinski definition) is 2. The molecule has 0 saturated heterocycles. The zero-order valence-electron chi connectivity index (χ0n) is 12.8. The van der Waals surface area contributed by atoms with Crippen molar-refractivity contribution >= 4 is 17.5 Å². The summed E-state index contributed by atoms with van der Waals surface area (Å²) in [6, 6.07) is 9.71. The SMILES string of the molecule is CC(C)NC(=O)CCNC(=O)[C@@H]1CC(c2ccccc2)=NO1. The summed E-state index contributed by atoms with van der Waals surface area (Å²) in [5.74, 6) is -0.323. The minimum atomic E-state index is -0.622. The molecule has 1 aromatic rings. The third kappa shape index (κ3) is 4.58. The summed E-state index contributed by atoms with van der Waals surface area (Å²) in [7, 11) is 0. The molecule has 1 aliphatic rings. The molecule has 0 saturated carbocycles. The van der Waals surface area contributed by atoms with Crippen LogP contribution >= 0.6 is 0 Å². The second kappa shape index (κ2) is 7.59. The molecule has 1 heterocycles. The normalized spacial score (nSPS) is 16.9. The fourth-order valence-corrected chi connectivity index (χ4v) is 2.13. The van der Waals surface area contributed by atoms with E-state index in [1.54, 1.807) is 0 Å². The Bertz CT molecular complexity index is 555. The van der Waals surface area contributed by atoms with E-state index in [1.807, 2.05) is 44.2 Å². The van der Waals surface area contributed by atoms with Crippen LogP contribution in [0.3, 0.4) is 0 Å². The van der Waals surface area contributed by atoms with Crippen molar-refractivity contribution in [2.24, 2.45) is 5.16 Å². The lowest BCUT2D eigenvalue weighted by molar-refractivity contribution is -0.131. The molecule has 0 unspecified atom stereocenters. The maximum Gasteiger partial charge on any atom is 0.264 e. The first-order valence-corrected chi connectivity index (χ1v) is 7.41. The number of amides is 2. The van der Waals surface area contributed by atoms with Crippen molar-refractivity contribution in [3.05, 3.63) is 35.9 Å². The van der Waals surface area contributed by atoms with Gasteiger partial charge in [-0.2, -0.15) is 0 Å². The van der Waals surface area contributed by atoms with E-state index >= 15 is 0 Å². The summed E-state index contributed by atoms with van der Waals surface area (Å²) in [4.78, 5) is 28.6. The van der Waals surface area contributed by atoms with Crippen LogP contribution in [0.5, 0.6) is 0 Å². The first-order chi connectivity index (χ1) is 10.6. The number of rotatable bonds is 6. The minimum absolute atomic E-state index is 0.0798. The van der Waals surface area contributed by atoms with Gasteiger partial charge < -0.3 is 15.5 Å². The molecular formula is C16H21N3O3. The van der Waals surface area contributed by atoms with Crippen LogP contribution in [0.2, 0.25) is 0 Å². The second-order valence-electron chi connectivity index (χ2n) is 5.47. The average Bonchev–Trinajstić information content (AvgIpc) is 2.97. The fourth-order valence-electron chi connectivity index (χ4n) is 2.13. The maximum atomic E-state index is 12.0. The zero-order chi connectivity index (χ0) is 15.9. The summed E-state index contributed by atoms with van der Waals surface area (Å²) in [6.07, 6.45) is 0.0697. The monoisotopic (exact) mass is 303 g/mol. The van der Waals surface area contributed by atoms with Crippen LogP contribution in [-0.4, -0.2) is 36.2 Å². The van der Waals surface area contributed by atoms with E-state index in [9.17, 15) is 9.59 Å². The molecule has 22 heavy (non-hydrogen) atoms. The first-order valence-electron chi connectivity index (χ1n) is 7.41. The van der Waals surface area contributed by atoms with Crippen LogP contribution in [0.4, 0.5) is 0 Å². The Morgan fingerprint density at radius 1 is 1.32 bits per heavy atom. The number of carbonyl (C=O) groups is 2. The van der Waals surface area contributed by atoms with Crippen LogP contribution in [0.1, 0.15) is 32.3 Å². The van der Waals surface area contributed by atoms with E-state index in [0.717, 1.165) is 11.3 Å². The van der Waals surface area contributed by atoms with E-state index in [-0.39, 0.29) is 30.8 Å². The lowest BCUT2D eigenvalue weighted by Crippen LogP contribution is -2.38. The Labute approximate surface area is 129 Å². The van der Waals surface area contributed by atoms with Gasteiger partial charge >= 0.3 is 0 Å². The fraction of sp³-hybridized carbons (Fsp3) is 0.438. The molecule has 0 fully saturated rings. The molecule has 0 radical (unpaired) electrons. The zero-order valence-corrected chi connectivity index (χ0v) is 12.8. The van der Waals surface area contributed by atoms with Gasteiger partial charge in [0.25, 0.3) is 5.91 Å². The summed E-state index contributed by atoms with van der Waals surface area (Å²) in [6.45, 7) is 4.08. The van der Waals surface area contributed by atoms with Gasteiger partial charge in [0.1, 0.15) is 0 Å². The van der Waals surface area contributed by atoms with E-state index in [0.29, 0.717) is 6.42 Å². The first kappa shape index (κ1) is 16.0. The Kier molecular flexibility index (Phi) is 5.52.